The van der Waals surface area contributed by atoms with Crippen molar-refractivity contribution in [2.24, 2.45) is 0 Å². The second-order valence-electron chi connectivity index (χ2n) is 3.03. The molecule has 1 aromatic rings. The summed E-state index contributed by atoms with van der Waals surface area (Å²) in [6.45, 7) is 2.09. The Kier molecular flexibility index (Phi) is 1.95. The Bertz CT molecular complexity index is 197. The molecule has 1 saturated heterocycles. The van der Waals surface area contributed by atoms with Crippen LogP contribution in [0.3, 0.4) is 0 Å². The molecule has 2 rings (SSSR count). The molecule has 0 aromatic carbocycles. The van der Waals surface area contributed by atoms with Crippen LogP contribution in [0.1, 0.15) is 18.9 Å². The van der Waals surface area contributed by atoms with Gasteiger partial charge in [-0.25, -0.2) is 5.32 Å². The maximum absolute atomic E-state index is 4.32. The Balaban J connectivity index is 2.04. The second-order valence-corrected chi connectivity index (χ2v) is 3.03. The first kappa shape index (κ1) is 6.92. The maximum atomic E-state index is 4.32. The first-order chi connectivity index (χ1) is 5.47. The fourth-order valence-corrected chi connectivity index (χ4v) is 1.63. The Labute approximate surface area is 67.2 Å². The average Bonchev–Trinajstić information content (AvgIpc) is 2.58. The van der Waals surface area contributed by atoms with E-state index in [1.165, 1.54) is 12.8 Å². The highest BCUT2D eigenvalue weighted by atomic mass is 15.0. The first-order valence-electron chi connectivity index (χ1n) is 4.22. The van der Waals surface area contributed by atoms with Crippen LogP contribution in [-0.2, 0) is 0 Å². The van der Waals surface area contributed by atoms with Crippen LogP contribution >= 0.6 is 0 Å². The molecule has 1 aliphatic rings. The minimum absolute atomic E-state index is 0.711. The molecule has 0 amide bonds. The quantitative estimate of drug-likeness (QED) is 0.575. The van der Waals surface area contributed by atoms with E-state index < -0.39 is 0 Å². The lowest BCUT2D eigenvalue weighted by atomic mass is 10.1. The third kappa shape index (κ3) is 1.46. The van der Waals surface area contributed by atoms with Gasteiger partial charge in [-0.15, -0.1) is 0 Å². The standard InChI is InChI=1S/C9H13N2/c1-2-8-11(7-1)9-3-5-10-6-4-9/h1-2,7-9H,3-6H2. The highest BCUT2D eigenvalue weighted by Crippen LogP contribution is 2.18. The van der Waals surface area contributed by atoms with Crippen LogP contribution < -0.4 is 5.32 Å². The summed E-state index contributed by atoms with van der Waals surface area (Å²) >= 11 is 0. The number of hydrogen-bond donors (Lipinski definition) is 0. The van der Waals surface area contributed by atoms with Gasteiger partial charge in [0.05, 0.1) is 0 Å². The van der Waals surface area contributed by atoms with E-state index in [0.29, 0.717) is 6.04 Å². The summed E-state index contributed by atoms with van der Waals surface area (Å²) in [5, 5.41) is 4.32. The highest BCUT2D eigenvalue weighted by Gasteiger charge is 2.13. The van der Waals surface area contributed by atoms with Crippen molar-refractivity contribution in [2.45, 2.75) is 18.9 Å². The van der Waals surface area contributed by atoms with Gasteiger partial charge in [-0.3, -0.25) is 0 Å². The molecule has 0 atom stereocenters. The van der Waals surface area contributed by atoms with E-state index in [2.05, 4.69) is 34.4 Å². The summed E-state index contributed by atoms with van der Waals surface area (Å²) < 4.78 is 2.30. The predicted molar refractivity (Wildman–Crippen MR) is 44.6 cm³/mol. The smallest absolute Gasteiger partial charge is 0.0356 e. The van der Waals surface area contributed by atoms with Crippen LogP contribution in [0.4, 0.5) is 0 Å². The molecular weight excluding hydrogens is 136 g/mol. The number of piperidine rings is 1. The number of nitrogens with zero attached hydrogens (tertiary/aromatic N) is 2. The molecule has 11 heavy (non-hydrogen) atoms. The fraction of sp³-hybridized carbons (Fsp3) is 0.556. The zero-order valence-electron chi connectivity index (χ0n) is 6.61. The average molecular weight is 149 g/mol. The van der Waals surface area contributed by atoms with Crippen molar-refractivity contribution < 1.29 is 0 Å². The lowest BCUT2D eigenvalue weighted by Gasteiger charge is -2.22. The lowest BCUT2D eigenvalue weighted by molar-refractivity contribution is 0.365. The second kappa shape index (κ2) is 3.09. The maximum Gasteiger partial charge on any atom is 0.0356 e. The van der Waals surface area contributed by atoms with Crippen LogP contribution in [0.25, 0.3) is 0 Å². The molecule has 0 saturated carbocycles. The van der Waals surface area contributed by atoms with Crippen LogP contribution in [0.2, 0.25) is 0 Å². The van der Waals surface area contributed by atoms with Crippen molar-refractivity contribution in [3.05, 3.63) is 24.5 Å². The topological polar surface area (TPSA) is 19.0 Å². The number of rotatable bonds is 1. The van der Waals surface area contributed by atoms with Crippen molar-refractivity contribution in [1.82, 2.24) is 9.88 Å². The van der Waals surface area contributed by atoms with E-state index in [1.807, 2.05) is 0 Å². The molecule has 1 aromatic heterocycles. The van der Waals surface area contributed by atoms with Crippen LogP contribution in [0, 0.1) is 0 Å². The van der Waals surface area contributed by atoms with E-state index in [4.69, 9.17) is 0 Å². The summed E-state index contributed by atoms with van der Waals surface area (Å²) in [4.78, 5) is 0. The van der Waals surface area contributed by atoms with Crippen molar-refractivity contribution in [2.75, 3.05) is 13.1 Å². The molecule has 59 valence electrons. The number of aromatic nitrogens is 1. The fourth-order valence-electron chi connectivity index (χ4n) is 1.63. The van der Waals surface area contributed by atoms with Crippen LogP contribution in [0.5, 0.6) is 0 Å². The first-order valence-corrected chi connectivity index (χ1v) is 4.22. The molecule has 1 fully saturated rings. The summed E-state index contributed by atoms with van der Waals surface area (Å²) in [7, 11) is 0. The largest absolute Gasteiger partial charge is 0.351 e. The van der Waals surface area contributed by atoms with Gasteiger partial charge in [0.2, 0.25) is 0 Å². The van der Waals surface area contributed by atoms with Gasteiger partial charge in [-0.05, 0) is 25.0 Å². The van der Waals surface area contributed by atoms with Crippen molar-refractivity contribution in [3.8, 4) is 0 Å². The van der Waals surface area contributed by atoms with Crippen molar-refractivity contribution >= 4 is 0 Å². The third-order valence-electron chi connectivity index (χ3n) is 2.29. The molecule has 0 unspecified atom stereocenters. The van der Waals surface area contributed by atoms with Crippen molar-refractivity contribution in [1.29, 1.82) is 0 Å². The monoisotopic (exact) mass is 149 g/mol. The van der Waals surface area contributed by atoms with E-state index in [0.717, 1.165) is 13.1 Å². The number of hydrogen-bond acceptors (Lipinski definition) is 0. The Morgan fingerprint density at radius 3 is 2.36 bits per heavy atom. The molecule has 0 aliphatic carbocycles. The normalized spacial score (nSPS) is 20.4. The van der Waals surface area contributed by atoms with Crippen LogP contribution in [0.15, 0.2) is 24.5 Å². The van der Waals surface area contributed by atoms with E-state index in [-0.39, 0.29) is 0 Å². The van der Waals surface area contributed by atoms with Crippen LogP contribution in [-0.4, -0.2) is 17.7 Å². The summed E-state index contributed by atoms with van der Waals surface area (Å²) in [6.07, 6.45) is 6.73. The predicted octanol–water partition coefficient (Wildman–Crippen LogP) is 1.43. The van der Waals surface area contributed by atoms with Gasteiger partial charge in [0, 0.05) is 31.5 Å². The Morgan fingerprint density at radius 1 is 1.09 bits per heavy atom. The molecule has 0 spiro atoms. The van der Waals surface area contributed by atoms with Gasteiger partial charge in [-0.1, -0.05) is 0 Å². The molecule has 1 aliphatic heterocycles. The van der Waals surface area contributed by atoms with Crippen molar-refractivity contribution in [3.63, 3.8) is 0 Å². The highest BCUT2D eigenvalue weighted by molar-refractivity contribution is 4.93. The third-order valence-corrected chi connectivity index (χ3v) is 2.29. The molecule has 1 radical (unpaired) electrons. The SMILES string of the molecule is c1ccn(C2CC[N]CC2)c1. The minimum Gasteiger partial charge on any atom is -0.351 e. The van der Waals surface area contributed by atoms with Gasteiger partial charge in [0.15, 0.2) is 0 Å². The lowest BCUT2D eigenvalue weighted by Crippen LogP contribution is -2.23. The zero-order chi connectivity index (χ0) is 7.52. The molecule has 0 N–H and O–H groups in total. The zero-order valence-corrected chi connectivity index (χ0v) is 6.61. The summed E-state index contributed by atoms with van der Waals surface area (Å²) in [5.74, 6) is 0. The van der Waals surface area contributed by atoms with E-state index in [1.54, 1.807) is 0 Å². The Morgan fingerprint density at radius 2 is 1.73 bits per heavy atom. The van der Waals surface area contributed by atoms with Gasteiger partial charge in [0.25, 0.3) is 0 Å². The van der Waals surface area contributed by atoms with Gasteiger partial charge in [0.1, 0.15) is 0 Å². The van der Waals surface area contributed by atoms with E-state index in [9.17, 15) is 0 Å². The van der Waals surface area contributed by atoms with E-state index >= 15 is 0 Å². The van der Waals surface area contributed by atoms with Gasteiger partial charge in [-0.2, -0.15) is 0 Å². The minimum atomic E-state index is 0.711. The molecule has 2 nitrogen and oxygen atoms in total. The molecule has 2 heterocycles. The van der Waals surface area contributed by atoms with Gasteiger partial charge >= 0.3 is 0 Å². The molecular formula is C9H13N2. The molecule has 0 bridgehead atoms. The molecule has 2 heteroatoms. The Hall–Kier alpha value is -0.760. The summed E-state index contributed by atoms with van der Waals surface area (Å²) in [6, 6.07) is 4.89. The van der Waals surface area contributed by atoms with Gasteiger partial charge < -0.3 is 4.57 Å². The summed E-state index contributed by atoms with van der Waals surface area (Å²) in [5.41, 5.74) is 0.